The maximum absolute atomic E-state index is 5.56. The zero-order valence-electron chi connectivity index (χ0n) is 13.6. The Morgan fingerprint density at radius 3 is 2.39 bits per heavy atom. The van der Waals surface area contributed by atoms with Gasteiger partial charge in [-0.2, -0.15) is 0 Å². The second kappa shape index (κ2) is 8.24. The minimum Gasteiger partial charge on any atom is -0.493 e. The first-order valence-corrected chi connectivity index (χ1v) is 8.01. The summed E-state index contributed by atoms with van der Waals surface area (Å²) in [4.78, 5) is 0. The van der Waals surface area contributed by atoms with Crippen molar-refractivity contribution in [3.63, 3.8) is 0 Å². The summed E-state index contributed by atoms with van der Waals surface area (Å²) in [6, 6.07) is 3.82. The van der Waals surface area contributed by atoms with Gasteiger partial charge in [0.15, 0.2) is 11.5 Å². The van der Waals surface area contributed by atoms with Gasteiger partial charge in [-0.1, -0.05) is 0 Å². The Morgan fingerprint density at radius 1 is 1.04 bits per heavy atom. The molecule has 7 heteroatoms. The highest BCUT2D eigenvalue weighted by molar-refractivity contribution is 9.10. The van der Waals surface area contributed by atoms with E-state index >= 15 is 0 Å². The molecular formula is C16H22BrN3O3. The highest BCUT2D eigenvalue weighted by Gasteiger charge is 2.19. The second-order valence-electron chi connectivity index (χ2n) is 4.86. The van der Waals surface area contributed by atoms with E-state index in [4.69, 9.17) is 19.9 Å². The van der Waals surface area contributed by atoms with Crippen LogP contribution in [0.5, 0.6) is 17.2 Å². The normalized spacial score (nSPS) is 10.7. The molecule has 2 aromatic rings. The summed E-state index contributed by atoms with van der Waals surface area (Å²) in [7, 11) is 4.82. The van der Waals surface area contributed by atoms with Crippen LogP contribution >= 0.6 is 15.9 Å². The number of halogens is 1. The fourth-order valence-electron chi connectivity index (χ4n) is 2.39. The third-order valence-corrected chi connectivity index (χ3v) is 4.07. The van der Waals surface area contributed by atoms with Gasteiger partial charge >= 0.3 is 0 Å². The van der Waals surface area contributed by atoms with Gasteiger partial charge in [-0.15, -0.1) is 0 Å². The van der Waals surface area contributed by atoms with Gasteiger partial charge in [-0.05, 0) is 28.1 Å². The molecule has 0 spiro atoms. The van der Waals surface area contributed by atoms with Crippen LogP contribution < -0.4 is 25.3 Å². The number of ether oxygens (including phenoxy) is 3. The molecule has 126 valence electrons. The molecule has 23 heavy (non-hydrogen) atoms. The summed E-state index contributed by atoms with van der Waals surface area (Å²) < 4.78 is 19.4. The standard InChI is InChI=1S/C16H22BrN3O3/c1-21-14-5-4-11(15(22-2)16(14)23-3)12-8-20(9-13(12)17)10-19-7-6-18/h4-5,8-9,19H,6-7,10,18H2,1-3H3. The molecule has 0 amide bonds. The molecule has 6 nitrogen and oxygen atoms in total. The van der Waals surface area contributed by atoms with Crippen LogP contribution in [0.4, 0.5) is 0 Å². The van der Waals surface area contributed by atoms with Gasteiger partial charge in [0, 0.05) is 41.1 Å². The minimum atomic E-state index is 0.577. The molecule has 0 saturated heterocycles. The molecule has 0 bridgehead atoms. The average Bonchev–Trinajstić information content (AvgIpc) is 2.94. The van der Waals surface area contributed by atoms with Gasteiger partial charge in [0.05, 0.1) is 28.0 Å². The average molecular weight is 384 g/mol. The van der Waals surface area contributed by atoms with E-state index in [9.17, 15) is 0 Å². The maximum atomic E-state index is 5.56. The van der Waals surface area contributed by atoms with E-state index in [1.54, 1.807) is 21.3 Å². The predicted octanol–water partition coefficient (Wildman–Crippen LogP) is 2.45. The summed E-state index contributed by atoms with van der Waals surface area (Å²) in [6.45, 7) is 2.06. The molecule has 0 aliphatic rings. The number of benzene rings is 1. The van der Waals surface area contributed by atoms with Crippen LogP contribution in [0.2, 0.25) is 0 Å². The molecule has 3 N–H and O–H groups in total. The Labute approximate surface area is 144 Å². The van der Waals surface area contributed by atoms with Gasteiger partial charge in [0.1, 0.15) is 0 Å². The van der Waals surface area contributed by atoms with Crippen molar-refractivity contribution in [2.24, 2.45) is 5.73 Å². The molecule has 0 radical (unpaired) electrons. The minimum absolute atomic E-state index is 0.577. The Morgan fingerprint density at radius 2 is 1.78 bits per heavy atom. The molecule has 0 saturated carbocycles. The number of hydrogen-bond acceptors (Lipinski definition) is 5. The second-order valence-corrected chi connectivity index (χ2v) is 5.72. The first-order valence-electron chi connectivity index (χ1n) is 7.21. The van der Waals surface area contributed by atoms with Crippen LogP contribution in [0.1, 0.15) is 0 Å². The van der Waals surface area contributed by atoms with E-state index in [1.807, 2.05) is 29.1 Å². The Balaban J connectivity index is 2.41. The van der Waals surface area contributed by atoms with E-state index in [0.29, 0.717) is 30.5 Å². The Bertz CT molecular complexity index is 658. The third-order valence-electron chi connectivity index (χ3n) is 3.44. The van der Waals surface area contributed by atoms with E-state index in [2.05, 4.69) is 21.2 Å². The summed E-state index contributed by atoms with van der Waals surface area (Å²) in [5, 5.41) is 3.25. The van der Waals surface area contributed by atoms with Gasteiger partial charge in [0.2, 0.25) is 5.75 Å². The molecule has 0 atom stereocenters. The van der Waals surface area contributed by atoms with Crippen molar-refractivity contribution < 1.29 is 14.2 Å². The fourth-order valence-corrected chi connectivity index (χ4v) is 2.97. The van der Waals surface area contributed by atoms with Gasteiger partial charge in [-0.25, -0.2) is 0 Å². The lowest BCUT2D eigenvalue weighted by Gasteiger charge is -2.15. The molecule has 0 fully saturated rings. The number of hydrogen-bond donors (Lipinski definition) is 2. The lowest BCUT2D eigenvalue weighted by Crippen LogP contribution is -2.24. The van der Waals surface area contributed by atoms with Crippen LogP contribution in [-0.4, -0.2) is 39.0 Å². The number of aromatic nitrogens is 1. The van der Waals surface area contributed by atoms with E-state index < -0.39 is 0 Å². The van der Waals surface area contributed by atoms with Crippen molar-refractivity contribution in [2.45, 2.75) is 6.67 Å². The molecule has 1 aromatic carbocycles. The SMILES string of the molecule is COc1ccc(-c2cn(CNCCN)cc2Br)c(OC)c1OC. The smallest absolute Gasteiger partial charge is 0.203 e. The molecular weight excluding hydrogens is 362 g/mol. The van der Waals surface area contributed by atoms with E-state index in [-0.39, 0.29) is 0 Å². The van der Waals surface area contributed by atoms with Crippen LogP contribution in [-0.2, 0) is 6.67 Å². The van der Waals surface area contributed by atoms with Crippen LogP contribution in [0.3, 0.4) is 0 Å². The quantitative estimate of drug-likeness (QED) is 0.685. The zero-order valence-corrected chi connectivity index (χ0v) is 15.1. The van der Waals surface area contributed by atoms with Gasteiger partial charge < -0.3 is 24.5 Å². The molecule has 1 aromatic heterocycles. The monoisotopic (exact) mass is 383 g/mol. The van der Waals surface area contributed by atoms with Crippen molar-refractivity contribution in [1.82, 2.24) is 9.88 Å². The van der Waals surface area contributed by atoms with Crippen LogP contribution in [0, 0.1) is 0 Å². The molecule has 0 aliphatic carbocycles. The van der Waals surface area contributed by atoms with Crippen molar-refractivity contribution in [2.75, 3.05) is 34.4 Å². The molecule has 1 heterocycles. The molecule has 2 rings (SSSR count). The summed E-state index contributed by atoms with van der Waals surface area (Å²) in [6.07, 6.45) is 4.05. The van der Waals surface area contributed by atoms with Crippen LogP contribution in [0.25, 0.3) is 11.1 Å². The number of rotatable bonds is 8. The van der Waals surface area contributed by atoms with E-state index in [1.165, 1.54) is 0 Å². The topological polar surface area (TPSA) is 70.7 Å². The highest BCUT2D eigenvalue weighted by atomic mass is 79.9. The van der Waals surface area contributed by atoms with Crippen LogP contribution in [0.15, 0.2) is 29.0 Å². The maximum Gasteiger partial charge on any atom is 0.203 e. The van der Waals surface area contributed by atoms with Gasteiger partial charge in [-0.3, -0.25) is 5.32 Å². The lowest BCUT2D eigenvalue weighted by atomic mass is 10.1. The Hall–Kier alpha value is -1.70. The number of nitrogens with zero attached hydrogens (tertiary/aromatic N) is 1. The van der Waals surface area contributed by atoms with Crippen molar-refractivity contribution >= 4 is 15.9 Å². The van der Waals surface area contributed by atoms with Gasteiger partial charge in [0.25, 0.3) is 0 Å². The predicted molar refractivity (Wildman–Crippen MR) is 94.3 cm³/mol. The third kappa shape index (κ3) is 3.80. The number of nitrogens with one attached hydrogen (secondary N) is 1. The molecule has 0 aliphatic heterocycles. The fraction of sp³-hybridized carbons (Fsp3) is 0.375. The number of nitrogens with two attached hydrogens (primary N) is 1. The summed E-state index contributed by atoms with van der Waals surface area (Å²) >= 11 is 3.61. The molecule has 0 unspecified atom stereocenters. The summed E-state index contributed by atoms with van der Waals surface area (Å²) in [5.41, 5.74) is 7.43. The highest BCUT2D eigenvalue weighted by Crippen LogP contribution is 2.46. The zero-order chi connectivity index (χ0) is 16.8. The summed E-state index contributed by atoms with van der Waals surface area (Å²) in [5.74, 6) is 1.85. The lowest BCUT2D eigenvalue weighted by molar-refractivity contribution is 0.325. The number of methoxy groups -OCH3 is 3. The van der Waals surface area contributed by atoms with Crippen molar-refractivity contribution in [3.8, 4) is 28.4 Å². The first-order chi connectivity index (χ1) is 11.2. The van der Waals surface area contributed by atoms with Crippen molar-refractivity contribution in [1.29, 1.82) is 0 Å². The van der Waals surface area contributed by atoms with Crippen molar-refractivity contribution in [3.05, 3.63) is 29.0 Å². The Kier molecular flexibility index (Phi) is 6.32. The largest absolute Gasteiger partial charge is 0.493 e. The first kappa shape index (κ1) is 17.7. The van der Waals surface area contributed by atoms with E-state index in [0.717, 1.165) is 22.1 Å².